The average molecular weight is 301 g/mol. The Bertz CT molecular complexity index is 657. The third-order valence-electron chi connectivity index (χ3n) is 4.31. The van der Waals surface area contributed by atoms with Gasteiger partial charge in [-0.15, -0.1) is 0 Å². The normalized spacial score (nSPS) is 16.3. The lowest BCUT2D eigenvalue weighted by Gasteiger charge is -2.36. The van der Waals surface area contributed by atoms with E-state index in [2.05, 4.69) is 28.9 Å². The monoisotopic (exact) mass is 301 g/mol. The number of nitrogens with two attached hydrogens (primary N) is 1. The van der Waals surface area contributed by atoms with Gasteiger partial charge in [0.1, 0.15) is 5.58 Å². The SMILES string of the molecule is CCCCN1CCN(c2ccc3oc(C(N)=O)cc3c2)CC1. The van der Waals surface area contributed by atoms with Crippen molar-refractivity contribution < 1.29 is 9.21 Å². The first kappa shape index (κ1) is 14.9. The zero-order valence-electron chi connectivity index (χ0n) is 13.0. The van der Waals surface area contributed by atoms with Gasteiger partial charge in [-0.05, 0) is 37.2 Å². The summed E-state index contributed by atoms with van der Waals surface area (Å²) in [6.07, 6.45) is 2.52. The molecule has 1 aliphatic heterocycles. The Morgan fingerprint density at radius 1 is 1.23 bits per heavy atom. The van der Waals surface area contributed by atoms with Crippen molar-refractivity contribution in [1.82, 2.24) is 4.90 Å². The van der Waals surface area contributed by atoms with E-state index in [0.717, 1.165) is 31.6 Å². The van der Waals surface area contributed by atoms with E-state index in [4.69, 9.17) is 10.2 Å². The number of rotatable bonds is 5. The molecule has 1 saturated heterocycles. The van der Waals surface area contributed by atoms with Crippen LogP contribution in [0.2, 0.25) is 0 Å². The van der Waals surface area contributed by atoms with Crippen LogP contribution in [0.1, 0.15) is 30.3 Å². The van der Waals surface area contributed by atoms with Crippen LogP contribution >= 0.6 is 0 Å². The van der Waals surface area contributed by atoms with Gasteiger partial charge in [-0.3, -0.25) is 9.69 Å². The number of hydrogen-bond acceptors (Lipinski definition) is 4. The fourth-order valence-corrected chi connectivity index (χ4v) is 2.96. The Balaban J connectivity index is 1.70. The van der Waals surface area contributed by atoms with E-state index >= 15 is 0 Å². The first-order valence-electron chi connectivity index (χ1n) is 7.98. The van der Waals surface area contributed by atoms with Crippen molar-refractivity contribution in [1.29, 1.82) is 0 Å². The van der Waals surface area contributed by atoms with Crippen LogP contribution < -0.4 is 10.6 Å². The Labute approximate surface area is 130 Å². The number of carbonyl (C=O) groups is 1. The predicted octanol–water partition coefficient (Wildman–Crippen LogP) is 2.45. The number of hydrogen-bond donors (Lipinski definition) is 1. The molecule has 0 aliphatic carbocycles. The molecule has 1 aliphatic rings. The quantitative estimate of drug-likeness (QED) is 0.921. The molecule has 0 unspecified atom stereocenters. The van der Waals surface area contributed by atoms with Gasteiger partial charge in [0.05, 0.1) is 0 Å². The highest BCUT2D eigenvalue weighted by Crippen LogP contribution is 2.26. The second kappa shape index (κ2) is 6.40. The molecule has 1 aromatic heterocycles. The summed E-state index contributed by atoms with van der Waals surface area (Å²) in [6, 6.07) is 7.77. The first-order chi connectivity index (χ1) is 10.7. The minimum Gasteiger partial charge on any atom is -0.451 e. The largest absolute Gasteiger partial charge is 0.451 e. The lowest BCUT2D eigenvalue weighted by Crippen LogP contribution is -2.46. The minimum atomic E-state index is -0.526. The van der Waals surface area contributed by atoms with E-state index < -0.39 is 5.91 Å². The van der Waals surface area contributed by atoms with Gasteiger partial charge in [-0.1, -0.05) is 13.3 Å². The fraction of sp³-hybridized carbons (Fsp3) is 0.471. The summed E-state index contributed by atoms with van der Waals surface area (Å²) in [4.78, 5) is 16.1. The number of anilines is 1. The topological polar surface area (TPSA) is 62.7 Å². The zero-order chi connectivity index (χ0) is 15.5. The summed E-state index contributed by atoms with van der Waals surface area (Å²) in [7, 11) is 0. The van der Waals surface area contributed by atoms with Gasteiger partial charge < -0.3 is 15.1 Å². The fourth-order valence-electron chi connectivity index (χ4n) is 2.96. The van der Waals surface area contributed by atoms with Gasteiger partial charge in [0.2, 0.25) is 0 Å². The average Bonchev–Trinajstić information content (AvgIpc) is 2.97. The van der Waals surface area contributed by atoms with E-state index in [-0.39, 0.29) is 5.76 Å². The molecule has 0 saturated carbocycles. The van der Waals surface area contributed by atoms with E-state index in [0.29, 0.717) is 5.58 Å². The van der Waals surface area contributed by atoms with Gasteiger partial charge in [0.25, 0.3) is 5.91 Å². The second-order valence-electron chi connectivity index (χ2n) is 5.88. The van der Waals surface area contributed by atoms with Gasteiger partial charge in [-0.2, -0.15) is 0 Å². The molecule has 5 nitrogen and oxygen atoms in total. The van der Waals surface area contributed by atoms with Crippen molar-refractivity contribution in [2.24, 2.45) is 5.73 Å². The summed E-state index contributed by atoms with van der Waals surface area (Å²) in [5.74, 6) is -0.307. The second-order valence-corrected chi connectivity index (χ2v) is 5.88. The van der Waals surface area contributed by atoms with Crippen molar-refractivity contribution in [2.45, 2.75) is 19.8 Å². The van der Waals surface area contributed by atoms with Crippen molar-refractivity contribution in [3.63, 3.8) is 0 Å². The number of amides is 1. The van der Waals surface area contributed by atoms with Crippen LogP contribution in [-0.2, 0) is 0 Å². The Morgan fingerprint density at radius 2 is 2.00 bits per heavy atom. The lowest BCUT2D eigenvalue weighted by atomic mass is 10.2. The Hall–Kier alpha value is -2.01. The molecule has 5 heteroatoms. The molecule has 0 bridgehead atoms. The smallest absolute Gasteiger partial charge is 0.284 e. The number of nitrogens with zero attached hydrogens (tertiary/aromatic N) is 2. The van der Waals surface area contributed by atoms with Crippen LogP contribution in [0.3, 0.4) is 0 Å². The summed E-state index contributed by atoms with van der Waals surface area (Å²) >= 11 is 0. The minimum absolute atomic E-state index is 0.219. The van der Waals surface area contributed by atoms with Crippen LogP contribution in [0.5, 0.6) is 0 Å². The van der Waals surface area contributed by atoms with Crippen molar-refractivity contribution >= 4 is 22.6 Å². The van der Waals surface area contributed by atoms with E-state index in [1.807, 2.05) is 6.07 Å². The number of benzene rings is 1. The third-order valence-corrected chi connectivity index (χ3v) is 4.31. The lowest BCUT2D eigenvalue weighted by molar-refractivity contribution is 0.0976. The van der Waals surface area contributed by atoms with Gasteiger partial charge in [-0.25, -0.2) is 0 Å². The predicted molar refractivity (Wildman–Crippen MR) is 88.3 cm³/mol. The Kier molecular flexibility index (Phi) is 4.34. The highest BCUT2D eigenvalue weighted by Gasteiger charge is 2.17. The molecule has 22 heavy (non-hydrogen) atoms. The molecular weight excluding hydrogens is 278 g/mol. The van der Waals surface area contributed by atoms with E-state index in [9.17, 15) is 4.79 Å². The van der Waals surface area contributed by atoms with Crippen molar-refractivity contribution in [3.05, 3.63) is 30.0 Å². The molecular formula is C17H23N3O2. The van der Waals surface area contributed by atoms with E-state index in [1.54, 1.807) is 6.07 Å². The molecule has 118 valence electrons. The molecule has 2 heterocycles. The van der Waals surface area contributed by atoms with Gasteiger partial charge >= 0.3 is 0 Å². The summed E-state index contributed by atoms with van der Waals surface area (Å²) in [5, 5.41) is 0.930. The van der Waals surface area contributed by atoms with Crippen molar-refractivity contribution in [3.8, 4) is 0 Å². The zero-order valence-corrected chi connectivity index (χ0v) is 13.0. The molecule has 1 fully saturated rings. The first-order valence-corrected chi connectivity index (χ1v) is 7.98. The maximum atomic E-state index is 11.2. The molecule has 1 amide bonds. The number of primary amides is 1. The third kappa shape index (κ3) is 3.09. The molecule has 1 aromatic carbocycles. The number of piperazine rings is 1. The molecule has 3 rings (SSSR count). The summed E-state index contributed by atoms with van der Waals surface area (Å²) in [6.45, 7) is 7.72. The highest BCUT2D eigenvalue weighted by molar-refractivity contribution is 5.95. The number of unbranched alkanes of at least 4 members (excludes halogenated alkanes) is 1. The molecule has 0 atom stereocenters. The van der Waals surface area contributed by atoms with Crippen LogP contribution in [-0.4, -0.2) is 43.5 Å². The maximum absolute atomic E-state index is 11.2. The van der Waals surface area contributed by atoms with Crippen LogP contribution in [0.15, 0.2) is 28.7 Å². The molecule has 0 radical (unpaired) electrons. The Morgan fingerprint density at radius 3 is 2.68 bits per heavy atom. The standard InChI is InChI=1S/C17H23N3O2/c1-2-3-6-19-7-9-20(10-8-19)14-4-5-15-13(11-14)12-16(22-15)17(18)21/h4-5,11-12H,2-3,6-10H2,1H3,(H2,18,21). The summed E-state index contributed by atoms with van der Waals surface area (Å²) in [5.41, 5.74) is 7.15. The number of fused-ring (bicyclic) bond motifs is 1. The van der Waals surface area contributed by atoms with Crippen LogP contribution in [0.4, 0.5) is 5.69 Å². The highest BCUT2D eigenvalue weighted by atomic mass is 16.3. The van der Waals surface area contributed by atoms with E-state index in [1.165, 1.54) is 25.1 Å². The summed E-state index contributed by atoms with van der Waals surface area (Å²) < 4.78 is 5.43. The molecule has 2 aromatic rings. The maximum Gasteiger partial charge on any atom is 0.284 e. The molecule has 0 spiro atoms. The number of carbonyl (C=O) groups excluding carboxylic acids is 1. The molecule has 2 N–H and O–H groups in total. The number of furan rings is 1. The van der Waals surface area contributed by atoms with Gasteiger partial charge in [0.15, 0.2) is 5.76 Å². The van der Waals surface area contributed by atoms with Crippen LogP contribution in [0, 0.1) is 0 Å². The van der Waals surface area contributed by atoms with Crippen LogP contribution in [0.25, 0.3) is 11.0 Å². The van der Waals surface area contributed by atoms with Gasteiger partial charge in [0, 0.05) is 37.3 Å². The van der Waals surface area contributed by atoms with Crippen molar-refractivity contribution in [2.75, 3.05) is 37.6 Å².